The smallest absolute Gasteiger partial charge is 0.309 e. The number of nitrogens with one attached hydrogen (secondary N) is 2. The Balaban J connectivity index is 2.07. The molecule has 1 atom stereocenters. The lowest BCUT2D eigenvalue weighted by Crippen LogP contribution is -2.53. The maximum atomic E-state index is 13.0. The first-order chi connectivity index (χ1) is 12.4. The van der Waals surface area contributed by atoms with Gasteiger partial charge < -0.3 is 15.4 Å². The second kappa shape index (κ2) is 8.88. The number of hydrogen-bond acceptors (Lipinski definition) is 5. The molecule has 0 aromatic heterocycles. The Kier molecular flexibility index (Phi) is 6.83. The Hall–Kier alpha value is -2.30. The van der Waals surface area contributed by atoms with Gasteiger partial charge in [-0.25, -0.2) is 12.8 Å². The van der Waals surface area contributed by atoms with Crippen molar-refractivity contribution in [1.29, 1.82) is 0 Å². The number of halogens is 1. The molecule has 1 saturated heterocycles. The fourth-order valence-corrected chi connectivity index (χ4v) is 3.92. The van der Waals surface area contributed by atoms with Crippen LogP contribution in [0.25, 0.3) is 0 Å². The van der Waals surface area contributed by atoms with E-state index < -0.39 is 33.9 Å². The third-order valence-electron chi connectivity index (χ3n) is 3.62. The summed E-state index contributed by atoms with van der Waals surface area (Å²) in [5.74, 6) is -2.30. The second-order valence-electron chi connectivity index (χ2n) is 5.46. The predicted octanol–water partition coefficient (Wildman–Crippen LogP) is -0.0188. The zero-order valence-corrected chi connectivity index (χ0v) is 14.8. The molecule has 1 aliphatic rings. The standard InChI is InChI=1S/C16H20FN3O5S/c1-2-8-18-15(21)16(22)19-11-14-20(9-3-10-25-14)26(23,24)13-6-4-12(17)5-7-13/h2,4-7,14H,1,3,8-11H2,(H,18,21)(H,19,22)/t14-/m1/s1. The molecule has 2 rings (SSSR count). The normalized spacial score (nSPS) is 18.1. The highest BCUT2D eigenvalue weighted by atomic mass is 32.2. The van der Waals surface area contributed by atoms with Gasteiger partial charge in [0.2, 0.25) is 10.0 Å². The maximum Gasteiger partial charge on any atom is 0.309 e. The molecule has 0 radical (unpaired) electrons. The van der Waals surface area contributed by atoms with Gasteiger partial charge in [0.1, 0.15) is 12.0 Å². The van der Waals surface area contributed by atoms with Crippen LogP contribution in [0.4, 0.5) is 4.39 Å². The fourth-order valence-electron chi connectivity index (χ4n) is 2.35. The number of benzene rings is 1. The second-order valence-corrected chi connectivity index (χ2v) is 7.35. The predicted molar refractivity (Wildman–Crippen MR) is 90.9 cm³/mol. The highest BCUT2D eigenvalue weighted by Gasteiger charge is 2.34. The highest BCUT2D eigenvalue weighted by Crippen LogP contribution is 2.22. The molecular weight excluding hydrogens is 365 g/mol. The van der Waals surface area contributed by atoms with E-state index in [0.29, 0.717) is 13.0 Å². The van der Waals surface area contributed by atoms with E-state index >= 15 is 0 Å². The number of amides is 2. The number of hydrogen-bond donors (Lipinski definition) is 2. The molecule has 1 aromatic rings. The van der Waals surface area contributed by atoms with Crippen molar-refractivity contribution in [2.24, 2.45) is 0 Å². The van der Waals surface area contributed by atoms with Gasteiger partial charge in [0.05, 0.1) is 18.0 Å². The van der Waals surface area contributed by atoms with Gasteiger partial charge in [0.15, 0.2) is 0 Å². The average molecular weight is 385 g/mol. The highest BCUT2D eigenvalue weighted by molar-refractivity contribution is 7.89. The van der Waals surface area contributed by atoms with E-state index in [4.69, 9.17) is 4.74 Å². The molecule has 0 bridgehead atoms. The first-order valence-corrected chi connectivity index (χ1v) is 9.36. The summed E-state index contributed by atoms with van der Waals surface area (Å²) in [6.45, 7) is 3.86. The summed E-state index contributed by atoms with van der Waals surface area (Å²) in [7, 11) is -3.93. The minimum atomic E-state index is -3.93. The Labute approximate surface area is 151 Å². The van der Waals surface area contributed by atoms with Crippen LogP contribution in [0.5, 0.6) is 0 Å². The van der Waals surface area contributed by atoms with Crippen LogP contribution in [0, 0.1) is 5.82 Å². The van der Waals surface area contributed by atoms with E-state index in [9.17, 15) is 22.4 Å². The molecule has 142 valence electrons. The zero-order valence-electron chi connectivity index (χ0n) is 14.0. The lowest BCUT2D eigenvalue weighted by atomic mass is 10.3. The van der Waals surface area contributed by atoms with Gasteiger partial charge in [-0.2, -0.15) is 4.31 Å². The molecule has 10 heteroatoms. The first-order valence-electron chi connectivity index (χ1n) is 7.92. The van der Waals surface area contributed by atoms with Crippen molar-refractivity contribution < 1.29 is 27.1 Å². The maximum absolute atomic E-state index is 13.0. The van der Waals surface area contributed by atoms with Gasteiger partial charge in [0.25, 0.3) is 0 Å². The monoisotopic (exact) mass is 385 g/mol. The first kappa shape index (κ1) is 20.0. The largest absolute Gasteiger partial charge is 0.360 e. The van der Waals surface area contributed by atoms with E-state index in [1.54, 1.807) is 0 Å². The van der Waals surface area contributed by atoms with Crippen molar-refractivity contribution in [2.75, 3.05) is 26.2 Å². The summed E-state index contributed by atoms with van der Waals surface area (Å²) in [6, 6.07) is 4.44. The number of sulfonamides is 1. The van der Waals surface area contributed by atoms with Crippen LogP contribution >= 0.6 is 0 Å². The average Bonchev–Trinajstić information content (AvgIpc) is 2.64. The third-order valence-corrected chi connectivity index (χ3v) is 5.53. The van der Waals surface area contributed by atoms with E-state index in [1.807, 2.05) is 0 Å². The number of rotatable bonds is 6. The van der Waals surface area contributed by atoms with E-state index in [-0.39, 0.29) is 24.5 Å². The van der Waals surface area contributed by atoms with Crippen molar-refractivity contribution in [2.45, 2.75) is 17.5 Å². The lowest BCUT2D eigenvalue weighted by Gasteiger charge is -2.34. The van der Waals surface area contributed by atoms with Crippen LogP contribution in [-0.2, 0) is 24.3 Å². The van der Waals surface area contributed by atoms with Gasteiger partial charge in [-0.1, -0.05) is 6.08 Å². The topological polar surface area (TPSA) is 105 Å². The molecule has 1 heterocycles. The molecule has 26 heavy (non-hydrogen) atoms. The van der Waals surface area contributed by atoms with Crippen LogP contribution < -0.4 is 10.6 Å². The summed E-state index contributed by atoms with van der Waals surface area (Å²) in [5, 5.41) is 4.66. The Morgan fingerprint density at radius 1 is 1.27 bits per heavy atom. The SMILES string of the molecule is C=CCNC(=O)C(=O)NC[C@H]1OCCCN1S(=O)(=O)c1ccc(F)cc1. The van der Waals surface area contributed by atoms with Crippen molar-refractivity contribution in [3.8, 4) is 0 Å². The number of carbonyl (C=O) groups is 2. The zero-order chi connectivity index (χ0) is 19.2. The van der Waals surface area contributed by atoms with Crippen molar-refractivity contribution in [3.05, 3.63) is 42.7 Å². The molecule has 0 unspecified atom stereocenters. The number of ether oxygens (including phenoxy) is 1. The lowest BCUT2D eigenvalue weighted by molar-refractivity contribution is -0.140. The Bertz CT molecular complexity index is 767. The molecule has 1 fully saturated rings. The van der Waals surface area contributed by atoms with Crippen molar-refractivity contribution in [3.63, 3.8) is 0 Å². The Morgan fingerprint density at radius 3 is 2.58 bits per heavy atom. The summed E-state index contributed by atoms with van der Waals surface area (Å²) in [6.07, 6.45) is 0.937. The molecule has 2 amide bonds. The van der Waals surface area contributed by atoms with Crippen LogP contribution in [0.1, 0.15) is 6.42 Å². The Morgan fingerprint density at radius 2 is 1.92 bits per heavy atom. The van der Waals surface area contributed by atoms with Gasteiger partial charge in [-0.15, -0.1) is 6.58 Å². The fraction of sp³-hybridized carbons (Fsp3) is 0.375. The van der Waals surface area contributed by atoms with Crippen molar-refractivity contribution in [1.82, 2.24) is 14.9 Å². The number of carbonyl (C=O) groups excluding carboxylic acids is 2. The van der Waals surface area contributed by atoms with Crippen LogP contribution in [0.3, 0.4) is 0 Å². The summed E-state index contributed by atoms with van der Waals surface area (Å²) in [5.41, 5.74) is 0. The molecular formula is C16H20FN3O5S. The minimum Gasteiger partial charge on any atom is -0.360 e. The quantitative estimate of drug-likeness (QED) is 0.529. The van der Waals surface area contributed by atoms with Crippen LogP contribution in [0.15, 0.2) is 41.8 Å². The molecule has 1 aliphatic heterocycles. The van der Waals surface area contributed by atoms with Crippen molar-refractivity contribution >= 4 is 21.8 Å². The number of nitrogens with zero attached hydrogens (tertiary/aromatic N) is 1. The van der Waals surface area contributed by atoms with Crippen LogP contribution in [-0.4, -0.2) is 57.0 Å². The summed E-state index contributed by atoms with van der Waals surface area (Å²) < 4.78 is 45.1. The van der Waals surface area contributed by atoms with Gasteiger partial charge >= 0.3 is 11.8 Å². The molecule has 0 aliphatic carbocycles. The van der Waals surface area contributed by atoms with Gasteiger partial charge in [0, 0.05) is 13.1 Å². The third kappa shape index (κ3) is 4.87. The molecule has 2 N–H and O–H groups in total. The molecule has 8 nitrogen and oxygen atoms in total. The molecule has 0 saturated carbocycles. The summed E-state index contributed by atoms with van der Waals surface area (Å²) >= 11 is 0. The van der Waals surface area contributed by atoms with E-state index in [0.717, 1.165) is 28.6 Å². The minimum absolute atomic E-state index is 0.0792. The van der Waals surface area contributed by atoms with Crippen LogP contribution in [0.2, 0.25) is 0 Å². The molecule has 1 aromatic carbocycles. The summed E-state index contributed by atoms with van der Waals surface area (Å²) in [4.78, 5) is 23.2. The van der Waals surface area contributed by atoms with E-state index in [2.05, 4.69) is 17.2 Å². The van der Waals surface area contributed by atoms with E-state index in [1.165, 1.54) is 6.08 Å². The van der Waals surface area contributed by atoms with Gasteiger partial charge in [-0.3, -0.25) is 9.59 Å². The van der Waals surface area contributed by atoms with Gasteiger partial charge in [-0.05, 0) is 30.7 Å². The molecule has 0 spiro atoms.